The fourth-order valence-corrected chi connectivity index (χ4v) is 6.45. The summed E-state index contributed by atoms with van der Waals surface area (Å²) in [5.41, 5.74) is 2.68. The highest BCUT2D eigenvalue weighted by Gasteiger charge is 2.55. The Morgan fingerprint density at radius 2 is 1.94 bits per heavy atom. The predicted octanol–water partition coefficient (Wildman–Crippen LogP) is 4.52. The van der Waals surface area contributed by atoms with Crippen LogP contribution >= 0.6 is 11.6 Å². The van der Waals surface area contributed by atoms with Gasteiger partial charge in [-0.25, -0.2) is 9.37 Å². The minimum Gasteiger partial charge on any atom is -0.355 e. The number of benzene rings is 1. The number of nitrogens with zero attached hydrogens (tertiary/aromatic N) is 7. The van der Waals surface area contributed by atoms with Crippen molar-refractivity contribution in [2.75, 3.05) is 18.0 Å². The molecule has 3 aromatic rings. The van der Waals surface area contributed by atoms with Gasteiger partial charge in [-0.1, -0.05) is 11.6 Å². The maximum absolute atomic E-state index is 13.6. The topological polar surface area (TPSA) is 73.9 Å². The molecule has 4 aliphatic rings. The average molecular weight is 490 g/mol. The Bertz CT molecular complexity index is 1390. The van der Waals surface area contributed by atoms with E-state index < -0.39 is 5.54 Å². The summed E-state index contributed by atoms with van der Waals surface area (Å²) in [6.45, 7) is 4.94. The summed E-state index contributed by atoms with van der Waals surface area (Å²) in [5.74, 6) is 2.83. The number of nitriles is 1. The molecule has 1 saturated heterocycles. The van der Waals surface area contributed by atoms with Crippen molar-refractivity contribution >= 4 is 17.4 Å². The molecule has 4 heterocycles. The normalized spacial score (nSPS) is 21.9. The van der Waals surface area contributed by atoms with Gasteiger partial charge in [-0.2, -0.15) is 5.26 Å². The molecule has 35 heavy (non-hydrogen) atoms. The number of aromatic nitrogens is 4. The highest BCUT2D eigenvalue weighted by molar-refractivity contribution is 6.30. The third-order valence-electron chi connectivity index (χ3n) is 8.40. The molecule has 9 heteroatoms. The molecule has 7 rings (SSSR count). The number of rotatable bonds is 3. The minimum absolute atomic E-state index is 0.261. The average Bonchev–Trinajstić information content (AvgIpc) is 3.52. The lowest BCUT2D eigenvalue weighted by Crippen LogP contribution is -2.62. The third kappa shape index (κ3) is 3.21. The number of halogens is 2. The summed E-state index contributed by atoms with van der Waals surface area (Å²) < 4.78 is 15.8. The molecule has 0 amide bonds. The van der Waals surface area contributed by atoms with Gasteiger partial charge in [-0.3, -0.25) is 9.47 Å². The van der Waals surface area contributed by atoms with Gasteiger partial charge in [0.25, 0.3) is 0 Å². The second kappa shape index (κ2) is 7.25. The molecule has 0 radical (unpaired) electrons. The molecule has 3 fully saturated rings. The monoisotopic (exact) mass is 489 g/mol. The highest BCUT2D eigenvalue weighted by atomic mass is 35.5. The van der Waals surface area contributed by atoms with Crippen molar-refractivity contribution in [2.24, 2.45) is 5.41 Å². The van der Waals surface area contributed by atoms with Crippen molar-refractivity contribution in [3.05, 3.63) is 64.1 Å². The van der Waals surface area contributed by atoms with Crippen LogP contribution in [0.2, 0.25) is 5.02 Å². The van der Waals surface area contributed by atoms with Crippen LogP contribution in [-0.4, -0.2) is 43.3 Å². The smallest absolute Gasteiger partial charge is 0.151 e. The summed E-state index contributed by atoms with van der Waals surface area (Å²) in [5, 5.41) is 19.8. The first-order valence-electron chi connectivity index (χ1n) is 12.2. The number of pyridine rings is 1. The van der Waals surface area contributed by atoms with Crippen molar-refractivity contribution in [3.63, 3.8) is 0 Å². The first-order valence-corrected chi connectivity index (χ1v) is 12.5. The quantitative estimate of drug-likeness (QED) is 0.538. The number of hydrogen-bond acceptors (Lipinski definition) is 6. The first-order chi connectivity index (χ1) is 16.9. The molecule has 1 aromatic carbocycles. The molecule has 1 spiro atoms. The molecular formula is C26H25ClFN7. The lowest BCUT2D eigenvalue weighted by molar-refractivity contribution is 0.0581. The second-order valence-electron chi connectivity index (χ2n) is 10.8. The van der Waals surface area contributed by atoms with Gasteiger partial charge >= 0.3 is 0 Å². The molecule has 0 unspecified atom stereocenters. The molecule has 2 saturated carbocycles. The van der Waals surface area contributed by atoms with Gasteiger partial charge in [-0.15, -0.1) is 10.2 Å². The number of aryl methyl sites for hydroxylation is 1. The van der Waals surface area contributed by atoms with E-state index in [1.54, 1.807) is 6.92 Å². The summed E-state index contributed by atoms with van der Waals surface area (Å²) in [6.07, 6.45) is 5.21. The molecule has 2 aliphatic carbocycles. The maximum Gasteiger partial charge on any atom is 0.151 e. The molecule has 2 aromatic heterocycles. The van der Waals surface area contributed by atoms with Crippen LogP contribution in [0.4, 0.5) is 10.2 Å². The predicted molar refractivity (Wildman–Crippen MR) is 129 cm³/mol. The van der Waals surface area contributed by atoms with Crippen LogP contribution in [0.15, 0.2) is 30.5 Å². The van der Waals surface area contributed by atoms with E-state index >= 15 is 0 Å². The summed E-state index contributed by atoms with van der Waals surface area (Å²) in [7, 11) is 0. The van der Waals surface area contributed by atoms with E-state index in [2.05, 4.69) is 41.7 Å². The van der Waals surface area contributed by atoms with Crippen molar-refractivity contribution < 1.29 is 4.39 Å². The van der Waals surface area contributed by atoms with Gasteiger partial charge in [-0.05, 0) is 68.0 Å². The molecule has 0 atom stereocenters. The van der Waals surface area contributed by atoms with Gasteiger partial charge in [0.2, 0.25) is 0 Å². The van der Waals surface area contributed by atoms with Crippen molar-refractivity contribution in [2.45, 2.75) is 57.2 Å². The fraction of sp³-hybridized carbons (Fsp3) is 0.462. The lowest BCUT2D eigenvalue weighted by Gasteiger charge is -2.59. The van der Waals surface area contributed by atoms with Crippen LogP contribution in [-0.2, 0) is 13.1 Å². The largest absolute Gasteiger partial charge is 0.355 e. The standard InChI is InChI=1S/C26H25ClFN7/c1-16-6-22(30-10-20(16)28)33-14-25(15-33)8-18(9-25)24-32-31-23-12-34(26(13-29)4-5-26)11-17-7-19(27)2-3-21(17)35(23)24/h2-3,6-7,10,18H,4-5,8-9,11-12,14-15H2,1H3. The number of hydrogen-bond donors (Lipinski definition) is 0. The van der Waals surface area contributed by atoms with E-state index in [0.29, 0.717) is 29.6 Å². The second-order valence-corrected chi connectivity index (χ2v) is 11.3. The van der Waals surface area contributed by atoms with Crippen LogP contribution in [0.5, 0.6) is 0 Å². The third-order valence-corrected chi connectivity index (χ3v) is 8.64. The van der Waals surface area contributed by atoms with E-state index in [9.17, 15) is 9.65 Å². The van der Waals surface area contributed by atoms with Crippen molar-refractivity contribution in [3.8, 4) is 11.8 Å². The summed E-state index contributed by atoms with van der Waals surface area (Å²) >= 11 is 6.38. The van der Waals surface area contributed by atoms with E-state index in [0.717, 1.165) is 67.5 Å². The van der Waals surface area contributed by atoms with Crippen LogP contribution in [0, 0.1) is 29.5 Å². The van der Waals surface area contributed by atoms with E-state index in [-0.39, 0.29) is 11.2 Å². The minimum atomic E-state index is -0.399. The summed E-state index contributed by atoms with van der Waals surface area (Å²) in [6, 6.07) is 10.4. The summed E-state index contributed by atoms with van der Waals surface area (Å²) in [4.78, 5) is 8.75. The molecule has 0 N–H and O–H groups in total. The van der Waals surface area contributed by atoms with Crippen molar-refractivity contribution in [1.29, 1.82) is 5.26 Å². The zero-order chi connectivity index (χ0) is 23.9. The van der Waals surface area contributed by atoms with Gasteiger partial charge in [0.05, 0.1) is 24.5 Å². The fourth-order valence-electron chi connectivity index (χ4n) is 6.26. The Morgan fingerprint density at radius 1 is 1.14 bits per heavy atom. The lowest BCUT2D eigenvalue weighted by atomic mass is 9.57. The Balaban J connectivity index is 1.15. The first kappa shape index (κ1) is 21.3. The Morgan fingerprint density at radius 3 is 2.66 bits per heavy atom. The van der Waals surface area contributed by atoms with Crippen LogP contribution in [0.25, 0.3) is 5.69 Å². The molecule has 7 nitrogen and oxygen atoms in total. The maximum atomic E-state index is 13.6. The van der Waals surface area contributed by atoms with E-state index in [1.807, 2.05) is 18.2 Å². The SMILES string of the molecule is Cc1cc(N2CC3(CC(c4nnc5n4-c4ccc(Cl)cc4CN(C4(C#N)CC4)C5)C3)C2)ncc1F. The molecule has 2 aliphatic heterocycles. The Hall–Kier alpha value is -3.02. The van der Waals surface area contributed by atoms with Crippen LogP contribution < -0.4 is 4.90 Å². The molecule has 0 bridgehead atoms. The Kier molecular flexibility index (Phi) is 4.41. The molecule has 178 valence electrons. The molecular weight excluding hydrogens is 465 g/mol. The van der Waals surface area contributed by atoms with Gasteiger partial charge < -0.3 is 4.90 Å². The van der Waals surface area contributed by atoms with Gasteiger partial charge in [0.15, 0.2) is 5.82 Å². The highest BCUT2D eigenvalue weighted by Crippen LogP contribution is 2.57. The van der Waals surface area contributed by atoms with Crippen LogP contribution in [0.3, 0.4) is 0 Å². The Labute approximate surface area is 208 Å². The van der Waals surface area contributed by atoms with E-state index in [4.69, 9.17) is 11.6 Å². The number of anilines is 1. The van der Waals surface area contributed by atoms with Crippen molar-refractivity contribution in [1.82, 2.24) is 24.6 Å². The zero-order valence-corrected chi connectivity index (χ0v) is 20.3. The zero-order valence-electron chi connectivity index (χ0n) is 19.5. The number of fused-ring (bicyclic) bond motifs is 3. The van der Waals surface area contributed by atoms with Gasteiger partial charge in [0.1, 0.15) is 23.0 Å². The van der Waals surface area contributed by atoms with Crippen LogP contribution in [0.1, 0.15) is 54.4 Å². The van der Waals surface area contributed by atoms with E-state index in [1.165, 1.54) is 6.20 Å². The van der Waals surface area contributed by atoms with Gasteiger partial charge in [0, 0.05) is 36.0 Å².